The van der Waals surface area contributed by atoms with Gasteiger partial charge in [0.15, 0.2) is 11.7 Å². The van der Waals surface area contributed by atoms with Crippen LogP contribution in [0.5, 0.6) is 0 Å². The predicted molar refractivity (Wildman–Crippen MR) is 184 cm³/mol. The first-order valence-corrected chi connectivity index (χ1v) is 14.5. The van der Waals surface area contributed by atoms with E-state index in [4.69, 9.17) is 0 Å². The number of fused-ring (bicyclic) bond motifs is 6. The van der Waals surface area contributed by atoms with Crippen LogP contribution >= 0.6 is 0 Å². The van der Waals surface area contributed by atoms with Crippen molar-refractivity contribution in [3.63, 3.8) is 0 Å². The largest absolute Gasteiger partial charge is 0.309 e. The molecule has 0 fully saturated rings. The van der Waals surface area contributed by atoms with Crippen molar-refractivity contribution in [1.82, 2.24) is 9.13 Å². The van der Waals surface area contributed by atoms with Crippen molar-refractivity contribution in [1.29, 1.82) is 5.41 Å². The van der Waals surface area contributed by atoms with E-state index in [0.717, 1.165) is 39.0 Å². The molecular weight excluding hydrogens is 538 g/mol. The molecule has 5 heteroatoms. The van der Waals surface area contributed by atoms with Gasteiger partial charge in [-0.25, -0.2) is 9.98 Å². The topological polar surface area (TPSA) is 58.4 Å². The monoisotopic (exact) mass is 565 g/mol. The summed E-state index contributed by atoms with van der Waals surface area (Å²) in [7, 11) is 0. The summed E-state index contributed by atoms with van der Waals surface area (Å²) in [6.45, 7) is 3.75. The number of nitrogens with one attached hydrogen (secondary N) is 1. The average molecular weight is 566 g/mol. The predicted octanol–water partition coefficient (Wildman–Crippen LogP) is 9.35. The van der Waals surface area contributed by atoms with Gasteiger partial charge in [0.05, 0.1) is 22.1 Å². The van der Waals surface area contributed by atoms with Gasteiger partial charge in [-0.1, -0.05) is 103 Å². The van der Waals surface area contributed by atoms with E-state index in [1.165, 1.54) is 21.5 Å². The molecule has 8 aromatic rings. The summed E-state index contributed by atoms with van der Waals surface area (Å²) in [4.78, 5) is 8.86. The summed E-state index contributed by atoms with van der Waals surface area (Å²) < 4.78 is 4.57. The number of para-hydroxylation sites is 4. The van der Waals surface area contributed by atoms with Crippen molar-refractivity contribution >= 4 is 62.0 Å². The van der Waals surface area contributed by atoms with Crippen LogP contribution in [-0.4, -0.2) is 27.5 Å². The number of benzene rings is 6. The van der Waals surface area contributed by atoms with E-state index in [2.05, 4.69) is 129 Å². The number of aliphatic imine (C=N–C) groups is 2. The molecule has 0 spiro atoms. The Hall–Kier alpha value is -6.07. The summed E-state index contributed by atoms with van der Waals surface area (Å²) in [5.41, 5.74) is 7.80. The summed E-state index contributed by atoms with van der Waals surface area (Å²) in [5.74, 6) is 0.525. The first kappa shape index (κ1) is 25.6. The minimum atomic E-state index is 0.112. The van der Waals surface area contributed by atoms with Gasteiger partial charge in [-0.2, -0.15) is 0 Å². The van der Waals surface area contributed by atoms with Crippen LogP contribution in [0, 0.1) is 5.41 Å². The molecule has 2 heterocycles. The van der Waals surface area contributed by atoms with Gasteiger partial charge in [0.25, 0.3) is 0 Å². The van der Waals surface area contributed by atoms with E-state index >= 15 is 0 Å². The van der Waals surface area contributed by atoms with Gasteiger partial charge in [-0.15, -0.1) is 0 Å². The first-order chi connectivity index (χ1) is 21.7. The van der Waals surface area contributed by atoms with Crippen LogP contribution in [0.15, 0.2) is 156 Å². The van der Waals surface area contributed by atoms with Crippen LogP contribution in [0.25, 0.3) is 55.0 Å². The van der Waals surface area contributed by atoms with Crippen LogP contribution in [0.1, 0.15) is 11.1 Å². The van der Waals surface area contributed by atoms with E-state index in [9.17, 15) is 5.41 Å². The lowest BCUT2D eigenvalue weighted by Gasteiger charge is -2.15. The molecule has 0 aliphatic heterocycles. The van der Waals surface area contributed by atoms with E-state index in [1.807, 2.05) is 42.5 Å². The number of hydrogen-bond donors (Lipinski definition) is 1. The van der Waals surface area contributed by atoms with Gasteiger partial charge < -0.3 is 9.13 Å². The fourth-order valence-corrected chi connectivity index (χ4v) is 6.34. The number of aromatic nitrogens is 2. The van der Waals surface area contributed by atoms with Crippen molar-refractivity contribution in [2.75, 3.05) is 0 Å². The van der Waals surface area contributed by atoms with Gasteiger partial charge in [0.1, 0.15) is 0 Å². The Kier molecular flexibility index (Phi) is 6.02. The normalized spacial score (nSPS) is 12.0. The number of rotatable bonds is 4. The molecular formula is C39H27N5. The fraction of sp³-hybridized carbons (Fsp3) is 0. The maximum atomic E-state index is 9.22. The molecule has 6 aromatic carbocycles. The Morgan fingerprint density at radius 2 is 0.864 bits per heavy atom. The molecule has 2 aromatic heterocycles. The molecule has 0 radical (unpaired) electrons. The minimum absolute atomic E-state index is 0.112. The molecule has 0 aliphatic rings. The lowest BCUT2D eigenvalue weighted by atomic mass is 10.1. The van der Waals surface area contributed by atoms with Crippen molar-refractivity contribution in [3.05, 3.63) is 157 Å². The second-order valence-corrected chi connectivity index (χ2v) is 10.8. The van der Waals surface area contributed by atoms with Gasteiger partial charge in [0.2, 0.25) is 0 Å². The molecule has 0 atom stereocenters. The molecule has 0 amide bonds. The SMILES string of the molecule is C=NC(=NC(=N)c1cc(-n2c3ccccc3c3ccccc32)cc(-n2c3ccccc3c3ccccc32)c1)c1ccccc1. The molecule has 0 saturated heterocycles. The van der Waals surface area contributed by atoms with Gasteiger partial charge >= 0.3 is 0 Å². The highest BCUT2D eigenvalue weighted by molar-refractivity contribution is 6.13. The van der Waals surface area contributed by atoms with Crippen LogP contribution < -0.4 is 0 Å². The van der Waals surface area contributed by atoms with Crippen LogP contribution in [0.2, 0.25) is 0 Å². The lowest BCUT2D eigenvalue weighted by Crippen LogP contribution is -2.07. The van der Waals surface area contributed by atoms with E-state index in [1.54, 1.807) is 0 Å². The quantitative estimate of drug-likeness (QED) is 0.163. The lowest BCUT2D eigenvalue weighted by molar-refractivity contribution is 1.13. The highest BCUT2D eigenvalue weighted by Gasteiger charge is 2.18. The van der Waals surface area contributed by atoms with Crippen molar-refractivity contribution < 1.29 is 0 Å². The number of amidine groups is 2. The standard InChI is InChI=1S/C39H27N5/c1-41-39(26-13-3-2-4-14-26)42-38(40)27-23-28(43-34-19-9-5-15-30(34)31-16-6-10-20-35(31)43)25-29(24-27)44-36-21-11-7-17-32(36)33-18-8-12-22-37(33)44/h2-25,40H,1H2. The van der Waals surface area contributed by atoms with Gasteiger partial charge in [-0.3, -0.25) is 5.41 Å². The molecule has 1 N–H and O–H groups in total. The third kappa shape index (κ3) is 4.06. The zero-order valence-electron chi connectivity index (χ0n) is 23.9. The second-order valence-electron chi connectivity index (χ2n) is 10.8. The van der Waals surface area contributed by atoms with E-state index < -0.39 is 0 Å². The molecule has 8 rings (SSSR count). The van der Waals surface area contributed by atoms with Gasteiger partial charge in [0, 0.05) is 44.0 Å². The summed E-state index contributed by atoms with van der Waals surface area (Å²) in [6, 6.07) is 49.9. The zero-order valence-corrected chi connectivity index (χ0v) is 23.9. The first-order valence-electron chi connectivity index (χ1n) is 14.5. The Morgan fingerprint density at radius 3 is 1.27 bits per heavy atom. The Balaban J connectivity index is 1.43. The van der Waals surface area contributed by atoms with E-state index in [-0.39, 0.29) is 5.84 Å². The van der Waals surface area contributed by atoms with Crippen LogP contribution in [-0.2, 0) is 0 Å². The number of nitrogens with zero attached hydrogens (tertiary/aromatic N) is 4. The Bertz CT molecular complexity index is 2190. The molecule has 0 unspecified atom stereocenters. The highest BCUT2D eigenvalue weighted by atomic mass is 15.0. The molecule has 0 saturated carbocycles. The van der Waals surface area contributed by atoms with Crippen molar-refractivity contribution in [3.8, 4) is 11.4 Å². The van der Waals surface area contributed by atoms with Crippen LogP contribution in [0.3, 0.4) is 0 Å². The number of hydrogen-bond acceptors (Lipinski definition) is 1. The third-order valence-electron chi connectivity index (χ3n) is 8.25. The molecule has 5 nitrogen and oxygen atoms in total. The Labute approximate surface area is 254 Å². The molecule has 44 heavy (non-hydrogen) atoms. The minimum Gasteiger partial charge on any atom is -0.309 e. The summed E-state index contributed by atoms with van der Waals surface area (Å²) in [6.07, 6.45) is 0. The van der Waals surface area contributed by atoms with Crippen molar-refractivity contribution in [2.45, 2.75) is 0 Å². The second kappa shape index (κ2) is 10.3. The molecule has 0 aliphatic carbocycles. The maximum absolute atomic E-state index is 9.22. The Morgan fingerprint density at radius 1 is 0.477 bits per heavy atom. The van der Waals surface area contributed by atoms with Crippen molar-refractivity contribution in [2.24, 2.45) is 9.98 Å². The maximum Gasteiger partial charge on any atom is 0.161 e. The molecule has 208 valence electrons. The van der Waals surface area contributed by atoms with Crippen LogP contribution in [0.4, 0.5) is 0 Å². The van der Waals surface area contributed by atoms with E-state index in [0.29, 0.717) is 11.4 Å². The zero-order chi connectivity index (χ0) is 29.6. The summed E-state index contributed by atoms with van der Waals surface area (Å²) in [5, 5.41) is 13.9. The fourth-order valence-electron chi connectivity index (χ4n) is 6.34. The third-order valence-corrected chi connectivity index (χ3v) is 8.25. The summed E-state index contributed by atoms with van der Waals surface area (Å²) >= 11 is 0. The molecule has 0 bridgehead atoms. The highest BCUT2D eigenvalue weighted by Crippen LogP contribution is 2.36. The smallest absolute Gasteiger partial charge is 0.161 e. The average Bonchev–Trinajstić information content (AvgIpc) is 3.60. The van der Waals surface area contributed by atoms with Gasteiger partial charge in [-0.05, 0) is 49.2 Å².